The molecule has 0 spiro atoms. The van der Waals surface area contributed by atoms with Gasteiger partial charge in [-0.2, -0.15) is 14.7 Å². The minimum absolute atomic E-state index is 0.188. The van der Waals surface area contributed by atoms with Gasteiger partial charge >= 0.3 is 6.09 Å². The molecule has 1 aliphatic heterocycles. The molecular weight excluding hydrogens is 584 g/mol. The number of hydrogen-bond acceptors (Lipinski definition) is 8. The number of ether oxygens (including phenoxy) is 2. The third-order valence-corrected chi connectivity index (χ3v) is 9.43. The summed E-state index contributed by atoms with van der Waals surface area (Å²) in [6.45, 7) is 8.38. The molecule has 6 rings (SSSR count). The normalized spacial score (nSPS) is 19.6. The SMILES string of the molecule is COc1cc2nn(C3CCC(N(C)CCC4CCN(C(=O)OC(C)(C)C)CC4)CC3)cc2cc1C(=O)Nc1cnc2cccnn12. The molecule has 0 radical (unpaired) electrons. The maximum atomic E-state index is 13.3. The molecule has 1 N–H and O–H groups in total. The van der Waals surface area contributed by atoms with E-state index < -0.39 is 5.60 Å². The first-order valence-corrected chi connectivity index (χ1v) is 16.4. The predicted octanol–water partition coefficient (Wildman–Crippen LogP) is 5.79. The van der Waals surface area contributed by atoms with Crippen molar-refractivity contribution in [1.82, 2.24) is 34.2 Å². The molecule has 1 aliphatic carbocycles. The van der Waals surface area contributed by atoms with Crippen LogP contribution in [0.2, 0.25) is 0 Å². The highest BCUT2D eigenvalue weighted by Gasteiger charge is 2.29. The molecule has 1 aromatic carbocycles. The molecule has 12 nitrogen and oxygen atoms in total. The lowest BCUT2D eigenvalue weighted by molar-refractivity contribution is 0.0176. The van der Waals surface area contributed by atoms with Crippen LogP contribution in [0.1, 0.15) is 82.1 Å². The number of nitrogens with zero attached hydrogens (tertiary/aromatic N) is 7. The molecule has 4 heterocycles. The van der Waals surface area contributed by atoms with Gasteiger partial charge in [-0.3, -0.25) is 9.48 Å². The molecule has 2 amide bonds. The number of likely N-dealkylation sites (tertiary alicyclic amines) is 1. The second-order valence-corrected chi connectivity index (χ2v) is 13.8. The standard InChI is InChI=1S/C34H46N8O4/c1-34(2,3)46-33(44)40-17-13-23(14-18-40)12-16-39(4)25-8-10-26(11-9-25)41-22-24-19-27(29(45-5)20-28(24)38-41)32(43)37-31-21-35-30-7-6-15-36-42(30)31/h6-7,15,19-23,25-26H,8-14,16-18H2,1-5H3,(H,37,43). The van der Waals surface area contributed by atoms with Crippen molar-refractivity contribution in [2.45, 2.75) is 83.4 Å². The Morgan fingerprint density at radius 3 is 2.57 bits per heavy atom. The van der Waals surface area contributed by atoms with Gasteiger partial charge in [0.25, 0.3) is 5.91 Å². The summed E-state index contributed by atoms with van der Waals surface area (Å²) >= 11 is 0. The number of carbonyl (C=O) groups is 2. The van der Waals surface area contributed by atoms with Crippen molar-refractivity contribution in [3.8, 4) is 5.75 Å². The Labute approximate surface area is 270 Å². The minimum Gasteiger partial charge on any atom is -0.496 e. The number of rotatable bonds is 8. The first-order chi connectivity index (χ1) is 22.1. The van der Waals surface area contributed by atoms with Crippen molar-refractivity contribution in [2.75, 3.05) is 39.1 Å². The predicted molar refractivity (Wildman–Crippen MR) is 176 cm³/mol. The highest BCUT2D eigenvalue weighted by atomic mass is 16.6. The van der Waals surface area contributed by atoms with Gasteiger partial charge in [-0.05, 0) is 103 Å². The number of carbonyl (C=O) groups excluding carboxylic acids is 2. The van der Waals surface area contributed by atoms with Crippen LogP contribution in [0.4, 0.5) is 10.6 Å². The zero-order valence-electron chi connectivity index (χ0n) is 27.6. The van der Waals surface area contributed by atoms with Gasteiger partial charge in [0.1, 0.15) is 11.4 Å². The number of methoxy groups -OCH3 is 1. The Hall–Kier alpha value is -4.19. The van der Waals surface area contributed by atoms with E-state index in [-0.39, 0.29) is 12.0 Å². The lowest BCUT2D eigenvalue weighted by Crippen LogP contribution is -2.42. The van der Waals surface area contributed by atoms with Crippen LogP contribution in [0.3, 0.4) is 0 Å². The van der Waals surface area contributed by atoms with E-state index in [4.69, 9.17) is 14.6 Å². The van der Waals surface area contributed by atoms with Crippen LogP contribution in [-0.2, 0) is 4.74 Å². The second-order valence-electron chi connectivity index (χ2n) is 13.8. The van der Waals surface area contributed by atoms with E-state index in [1.807, 2.05) is 43.9 Å². The molecule has 2 fully saturated rings. The van der Waals surface area contributed by atoms with E-state index >= 15 is 0 Å². The van der Waals surface area contributed by atoms with E-state index in [2.05, 4.69) is 38.2 Å². The van der Waals surface area contributed by atoms with Crippen LogP contribution in [0, 0.1) is 5.92 Å². The Kier molecular flexibility index (Phi) is 9.17. The van der Waals surface area contributed by atoms with Crippen LogP contribution in [0.5, 0.6) is 5.75 Å². The highest BCUT2D eigenvalue weighted by molar-refractivity contribution is 6.08. The summed E-state index contributed by atoms with van der Waals surface area (Å²) in [4.78, 5) is 34.4. The van der Waals surface area contributed by atoms with Crippen molar-refractivity contribution >= 4 is 34.4 Å². The average Bonchev–Trinajstić information content (AvgIpc) is 3.66. The van der Waals surface area contributed by atoms with E-state index in [1.54, 1.807) is 30.1 Å². The van der Waals surface area contributed by atoms with Crippen molar-refractivity contribution in [2.24, 2.45) is 5.92 Å². The van der Waals surface area contributed by atoms with Crippen LogP contribution < -0.4 is 10.1 Å². The summed E-state index contributed by atoms with van der Waals surface area (Å²) in [5, 5.41) is 13.0. The Morgan fingerprint density at radius 1 is 1.09 bits per heavy atom. The van der Waals surface area contributed by atoms with Crippen molar-refractivity contribution in [3.63, 3.8) is 0 Å². The molecule has 2 aliphatic rings. The van der Waals surface area contributed by atoms with Gasteiger partial charge in [-0.25, -0.2) is 9.78 Å². The average molecular weight is 631 g/mol. The van der Waals surface area contributed by atoms with Gasteiger partial charge in [0.05, 0.1) is 30.4 Å². The molecular formula is C34H46N8O4. The van der Waals surface area contributed by atoms with Crippen LogP contribution in [0.15, 0.2) is 42.9 Å². The van der Waals surface area contributed by atoms with Gasteiger partial charge in [-0.15, -0.1) is 0 Å². The number of imidazole rings is 1. The van der Waals surface area contributed by atoms with Crippen molar-refractivity contribution in [1.29, 1.82) is 0 Å². The minimum atomic E-state index is -0.453. The summed E-state index contributed by atoms with van der Waals surface area (Å²) in [7, 11) is 3.82. The summed E-state index contributed by atoms with van der Waals surface area (Å²) in [5.41, 5.74) is 1.44. The lowest BCUT2D eigenvalue weighted by atomic mass is 9.89. The molecule has 46 heavy (non-hydrogen) atoms. The first kappa shape index (κ1) is 31.8. The lowest BCUT2D eigenvalue weighted by Gasteiger charge is -2.37. The molecule has 12 heteroatoms. The number of hydrogen-bond donors (Lipinski definition) is 1. The first-order valence-electron chi connectivity index (χ1n) is 16.4. The molecule has 3 aromatic heterocycles. The Morgan fingerprint density at radius 2 is 1.85 bits per heavy atom. The number of aromatic nitrogens is 5. The number of fused-ring (bicyclic) bond motifs is 2. The van der Waals surface area contributed by atoms with E-state index in [0.29, 0.717) is 40.8 Å². The van der Waals surface area contributed by atoms with Crippen LogP contribution in [-0.4, -0.2) is 91.6 Å². The fourth-order valence-corrected chi connectivity index (χ4v) is 6.77. The smallest absolute Gasteiger partial charge is 0.410 e. The molecule has 1 saturated carbocycles. The molecule has 0 bridgehead atoms. The third-order valence-electron chi connectivity index (χ3n) is 9.43. The molecule has 0 unspecified atom stereocenters. The van der Waals surface area contributed by atoms with E-state index in [0.717, 1.165) is 75.5 Å². The van der Waals surface area contributed by atoms with Crippen LogP contribution >= 0.6 is 0 Å². The number of amides is 2. The zero-order valence-corrected chi connectivity index (χ0v) is 27.6. The van der Waals surface area contributed by atoms with Gasteiger partial charge in [0.15, 0.2) is 11.5 Å². The molecule has 246 valence electrons. The monoisotopic (exact) mass is 630 g/mol. The number of nitrogens with one attached hydrogen (secondary N) is 1. The van der Waals surface area contributed by atoms with Gasteiger partial charge in [0, 0.05) is 43.0 Å². The zero-order chi connectivity index (χ0) is 32.4. The number of benzene rings is 1. The highest BCUT2D eigenvalue weighted by Crippen LogP contribution is 2.34. The topological polar surface area (TPSA) is 119 Å². The maximum absolute atomic E-state index is 13.3. The van der Waals surface area contributed by atoms with Crippen LogP contribution in [0.25, 0.3) is 16.6 Å². The third kappa shape index (κ3) is 7.11. The molecule has 1 saturated heterocycles. The largest absolute Gasteiger partial charge is 0.496 e. The molecule has 0 atom stereocenters. The second kappa shape index (κ2) is 13.3. The number of piperidine rings is 1. The van der Waals surface area contributed by atoms with Gasteiger partial charge < -0.3 is 24.6 Å². The quantitative estimate of drug-likeness (QED) is 0.260. The van der Waals surface area contributed by atoms with E-state index in [9.17, 15) is 9.59 Å². The summed E-state index contributed by atoms with van der Waals surface area (Å²) < 4.78 is 14.8. The summed E-state index contributed by atoms with van der Waals surface area (Å²) in [5.74, 6) is 1.31. The van der Waals surface area contributed by atoms with Crippen molar-refractivity contribution < 1.29 is 19.1 Å². The van der Waals surface area contributed by atoms with Gasteiger partial charge in [0.2, 0.25) is 0 Å². The number of anilines is 1. The van der Waals surface area contributed by atoms with E-state index in [1.165, 1.54) is 0 Å². The molecule has 4 aromatic rings. The summed E-state index contributed by atoms with van der Waals surface area (Å²) in [6.07, 6.45) is 12.7. The van der Waals surface area contributed by atoms with Gasteiger partial charge in [-0.1, -0.05) is 0 Å². The Balaban J connectivity index is 1.01. The fraction of sp³-hybridized carbons (Fsp3) is 0.559. The summed E-state index contributed by atoms with van der Waals surface area (Å²) in [6, 6.07) is 8.20. The fourth-order valence-electron chi connectivity index (χ4n) is 6.77. The Bertz CT molecular complexity index is 1680. The maximum Gasteiger partial charge on any atom is 0.410 e. The van der Waals surface area contributed by atoms with Crippen molar-refractivity contribution in [3.05, 3.63) is 48.4 Å².